The number of ether oxygens (including phenoxy) is 1. The molecule has 2 aromatic rings. The lowest BCUT2D eigenvalue weighted by molar-refractivity contribution is -0.121. The maximum Gasteiger partial charge on any atom is 0.240 e. The number of aryl methyl sites for hydroxylation is 1. The van der Waals surface area contributed by atoms with E-state index in [-0.39, 0.29) is 23.9 Å². The van der Waals surface area contributed by atoms with Gasteiger partial charge >= 0.3 is 0 Å². The van der Waals surface area contributed by atoms with E-state index in [1.165, 1.54) is 12.1 Å². The van der Waals surface area contributed by atoms with Gasteiger partial charge in [0.05, 0.1) is 11.5 Å². The summed E-state index contributed by atoms with van der Waals surface area (Å²) >= 11 is 0. The Morgan fingerprint density at radius 3 is 2.35 bits per heavy atom. The Balaban J connectivity index is 1.67. The van der Waals surface area contributed by atoms with Crippen LogP contribution in [0.15, 0.2) is 59.5 Å². The molecule has 0 aromatic heterocycles. The second-order valence-corrected chi connectivity index (χ2v) is 7.40. The summed E-state index contributed by atoms with van der Waals surface area (Å²) in [5, 5.41) is 2.72. The Morgan fingerprint density at radius 2 is 1.69 bits per heavy atom. The van der Waals surface area contributed by atoms with Gasteiger partial charge in [0.2, 0.25) is 15.9 Å². The van der Waals surface area contributed by atoms with Gasteiger partial charge in [-0.1, -0.05) is 30.3 Å². The van der Waals surface area contributed by atoms with Gasteiger partial charge in [0, 0.05) is 19.5 Å². The fraction of sp³-hybridized carbons (Fsp3) is 0.316. The monoisotopic (exact) mass is 376 g/mol. The third kappa shape index (κ3) is 6.50. The van der Waals surface area contributed by atoms with Crippen LogP contribution >= 0.6 is 0 Å². The molecule has 0 bridgehead atoms. The van der Waals surface area contributed by atoms with E-state index in [1.54, 1.807) is 18.2 Å². The highest BCUT2D eigenvalue weighted by atomic mass is 32.2. The molecule has 0 spiro atoms. The van der Waals surface area contributed by atoms with Crippen LogP contribution < -0.4 is 14.8 Å². The SMILES string of the molecule is CCOc1ccc(CCC(=O)NCCNS(=O)(=O)c2ccccc2)cc1. The Hall–Kier alpha value is -2.38. The van der Waals surface area contributed by atoms with E-state index in [2.05, 4.69) is 10.0 Å². The first-order chi connectivity index (χ1) is 12.5. The molecular formula is C19H24N2O4S. The van der Waals surface area contributed by atoms with Gasteiger partial charge in [-0.3, -0.25) is 4.79 Å². The van der Waals surface area contributed by atoms with Crippen molar-refractivity contribution in [1.29, 1.82) is 0 Å². The number of carbonyl (C=O) groups excluding carboxylic acids is 1. The number of hydrogen-bond donors (Lipinski definition) is 2. The Labute approximate surface area is 154 Å². The van der Waals surface area contributed by atoms with Crippen LogP contribution in [0.2, 0.25) is 0 Å². The van der Waals surface area contributed by atoms with Crippen molar-refractivity contribution in [1.82, 2.24) is 10.0 Å². The molecule has 26 heavy (non-hydrogen) atoms. The molecule has 2 rings (SSSR count). The summed E-state index contributed by atoms with van der Waals surface area (Å²) < 4.78 is 31.9. The molecule has 140 valence electrons. The summed E-state index contributed by atoms with van der Waals surface area (Å²) in [6.07, 6.45) is 0.966. The number of nitrogens with one attached hydrogen (secondary N) is 2. The molecule has 0 aliphatic rings. The Kier molecular flexibility index (Phi) is 7.62. The van der Waals surface area contributed by atoms with Gasteiger partial charge in [0.1, 0.15) is 5.75 Å². The lowest BCUT2D eigenvalue weighted by atomic mass is 10.1. The molecular weight excluding hydrogens is 352 g/mol. The Morgan fingerprint density at radius 1 is 1.00 bits per heavy atom. The highest BCUT2D eigenvalue weighted by Crippen LogP contribution is 2.13. The van der Waals surface area contributed by atoms with Crippen molar-refractivity contribution in [2.45, 2.75) is 24.7 Å². The second-order valence-electron chi connectivity index (χ2n) is 5.64. The zero-order chi connectivity index (χ0) is 18.8. The molecule has 0 unspecified atom stereocenters. The van der Waals surface area contributed by atoms with E-state index in [0.717, 1.165) is 11.3 Å². The number of carbonyl (C=O) groups is 1. The molecule has 0 saturated carbocycles. The van der Waals surface area contributed by atoms with Crippen LogP contribution in [-0.4, -0.2) is 34.0 Å². The number of hydrogen-bond acceptors (Lipinski definition) is 4. The summed E-state index contributed by atoms with van der Waals surface area (Å²) in [6, 6.07) is 15.8. The topological polar surface area (TPSA) is 84.5 Å². The number of amides is 1. The van der Waals surface area contributed by atoms with Gasteiger partial charge < -0.3 is 10.1 Å². The fourth-order valence-corrected chi connectivity index (χ4v) is 3.39. The van der Waals surface area contributed by atoms with Crippen molar-refractivity contribution < 1.29 is 17.9 Å². The summed E-state index contributed by atoms with van der Waals surface area (Å²) in [4.78, 5) is 12.1. The summed E-state index contributed by atoms with van der Waals surface area (Å²) in [5.74, 6) is 0.698. The van der Waals surface area contributed by atoms with E-state index < -0.39 is 10.0 Å². The third-order valence-electron chi connectivity index (χ3n) is 3.67. The van der Waals surface area contributed by atoms with Crippen LogP contribution in [0.25, 0.3) is 0 Å². The van der Waals surface area contributed by atoms with E-state index in [9.17, 15) is 13.2 Å². The molecule has 2 N–H and O–H groups in total. The molecule has 0 heterocycles. The lowest BCUT2D eigenvalue weighted by Gasteiger charge is -2.08. The van der Waals surface area contributed by atoms with Gasteiger partial charge in [-0.2, -0.15) is 0 Å². The highest BCUT2D eigenvalue weighted by molar-refractivity contribution is 7.89. The average molecular weight is 376 g/mol. The van der Waals surface area contributed by atoms with Gasteiger partial charge in [0.15, 0.2) is 0 Å². The first-order valence-electron chi connectivity index (χ1n) is 8.54. The normalized spacial score (nSPS) is 11.1. The lowest BCUT2D eigenvalue weighted by Crippen LogP contribution is -2.34. The average Bonchev–Trinajstić information content (AvgIpc) is 2.66. The van der Waals surface area contributed by atoms with Crippen LogP contribution in [0.3, 0.4) is 0 Å². The van der Waals surface area contributed by atoms with E-state index in [4.69, 9.17) is 4.74 Å². The highest BCUT2D eigenvalue weighted by Gasteiger charge is 2.12. The van der Waals surface area contributed by atoms with Crippen LogP contribution in [0, 0.1) is 0 Å². The van der Waals surface area contributed by atoms with E-state index in [0.29, 0.717) is 19.4 Å². The largest absolute Gasteiger partial charge is 0.494 e. The minimum absolute atomic E-state index is 0.113. The standard InChI is InChI=1S/C19H24N2O4S/c1-2-25-17-11-8-16(9-12-17)10-13-19(22)20-14-15-21-26(23,24)18-6-4-3-5-7-18/h3-9,11-12,21H,2,10,13-15H2,1H3,(H,20,22). The molecule has 0 aliphatic carbocycles. The zero-order valence-corrected chi connectivity index (χ0v) is 15.6. The quantitative estimate of drug-likeness (QED) is 0.622. The molecule has 0 fully saturated rings. The summed E-state index contributed by atoms with van der Waals surface area (Å²) in [7, 11) is -3.54. The van der Waals surface area contributed by atoms with Crippen LogP contribution in [0.1, 0.15) is 18.9 Å². The summed E-state index contributed by atoms with van der Waals surface area (Å²) in [6.45, 7) is 2.94. The molecule has 2 aromatic carbocycles. The van der Waals surface area contributed by atoms with E-state index >= 15 is 0 Å². The molecule has 1 amide bonds. The van der Waals surface area contributed by atoms with Crippen molar-refractivity contribution in [3.05, 3.63) is 60.2 Å². The third-order valence-corrected chi connectivity index (χ3v) is 5.14. The molecule has 0 aliphatic heterocycles. The van der Waals surface area contributed by atoms with Crippen LogP contribution in [0.4, 0.5) is 0 Å². The van der Waals surface area contributed by atoms with Crippen LogP contribution in [0.5, 0.6) is 5.75 Å². The minimum atomic E-state index is -3.54. The first kappa shape index (κ1) is 19.9. The molecule has 7 heteroatoms. The van der Waals surface area contributed by atoms with E-state index in [1.807, 2.05) is 31.2 Å². The summed E-state index contributed by atoms with van der Waals surface area (Å²) in [5.41, 5.74) is 1.05. The number of rotatable bonds is 10. The molecule has 0 radical (unpaired) electrons. The van der Waals surface area contributed by atoms with Crippen molar-refractivity contribution in [2.75, 3.05) is 19.7 Å². The zero-order valence-electron chi connectivity index (χ0n) is 14.8. The van der Waals surface area contributed by atoms with Crippen molar-refractivity contribution >= 4 is 15.9 Å². The van der Waals surface area contributed by atoms with Gasteiger partial charge in [-0.25, -0.2) is 13.1 Å². The van der Waals surface area contributed by atoms with Crippen molar-refractivity contribution in [3.8, 4) is 5.75 Å². The number of benzene rings is 2. The second kappa shape index (κ2) is 9.94. The first-order valence-corrected chi connectivity index (χ1v) is 10.0. The van der Waals surface area contributed by atoms with Crippen molar-refractivity contribution in [3.63, 3.8) is 0 Å². The van der Waals surface area contributed by atoms with Gasteiger partial charge in [-0.05, 0) is 43.2 Å². The number of sulfonamides is 1. The van der Waals surface area contributed by atoms with Crippen molar-refractivity contribution in [2.24, 2.45) is 0 Å². The minimum Gasteiger partial charge on any atom is -0.494 e. The maximum absolute atomic E-state index is 12.0. The predicted molar refractivity (Wildman–Crippen MR) is 101 cm³/mol. The molecule has 6 nitrogen and oxygen atoms in total. The molecule has 0 atom stereocenters. The predicted octanol–water partition coefficient (Wildman–Crippen LogP) is 2.11. The van der Waals surface area contributed by atoms with Gasteiger partial charge in [-0.15, -0.1) is 0 Å². The van der Waals surface area contributed by atoms with Crippen LogP contribution in [-0.2, 0) is 21.2 Å². The van der Waals surface area contributed by atoms with Gasteiger partial charge in [0.25, 0.3) is 0 Å². The maximum atomic E-state index is 12.0. The Bertz CT molecular complexity index is 790. The smallest absolute Gasteiger partial charge is 0.240 e. The molecule has 0 saturated heterocycles. The fourth-order valence-electron chi connectivity index (χ4n) is 2.34.